The van der Waals surface area contributed by atoms with Gasteiger partial charge in [0.15, 0.2) is 0 Å². The van der Waals surface area contributed by atoms with E-state index in [9.17, 15) is 0 Å². The number of aromatic nitrogens is 1. The van der Waals surface area contributed by atoms with Crippen LogP contribution in [0.4, 0.5) is 0 Å². The van der Waals surface area contributed by atoms with Crippen molar-refractivity contribution in [2.24, 2.45) is 7.05 Å². The number of hydrogen-bond acceptors (Lipinski definition) is 2. The van der Waals surface area contributed by atoms with Gasteiger partial charge in [-0.25, -0.2) is 0 Å². The highest BCUT2D eigenvalue weighted by Crippen LogP contribution is 2.33. The second kappa shape index (κ2) is 4.31. The van der Waals surface area contributed by atoms with E-state index in [0.29, 0.717) is 0 Å². The molecule has 3 nitrogen and oxygen atoms in total. The number of aryl methyl sites for hydroxylation is 1. The minimum Gasteiger partial charge on any atom is -0.519 e. The van der Waals surface area contributed by atoms with Crippen molar-refractivity contribution in [3.63, 3.8) is 0 Å². The Kier molecular flexibility index (Phi) is 2.57. The summed E-state index contributed by atoms with van der Waals surface area (Å²) in [5, 5.41) is 1.14. The Morgan fingerprint density at radius 2 is 1.75 bits per heavy atom. The number of hydrogen-bond donors (Lipinski definition) is 0. The highest BCUT2D eigenvalue weighted by atomic mass is 79.9. The normalized spacial score (nSPS) is 13.2. The summed E-state index contributed by atoms with van der Waals surface area (Å²) in [7, 11) is 1.65. The first-order valence-electron chi connectivity index (χ1n) is 6.39. The lowest BCUT2D eigenvalue weighted by molar-refractivity contribution is 0.519. The van der Waals surface area contributed by atoms with Crippen molar-refractivity contribution in [2.45, 2.75) is 0 Å². The summed E-state index contributed by atoms with van der Waals surface area (Å²) >= 11 is 3.52. The maximum atomic E-state index is 5.90. The third-order valence-electron chi connectivity index (χ3n) is 3.55. The van der Waals surface area contributed by atoms with Crippen LogP contribution in [-0.2, 0) is 7.05 Å². The smallest absolute Gasteiger partial charge is 0.519 e. The van der Waals surface area contributed by atoms with Crippen LogP contribution in [-0.4, -0.2) is 11.7 Å². The van der Waals surface area contributed by atoms with Gasteiger partial charge in [0.25, 0.3) is 0 Å². The van der Waals surface area contributed by atoms with E-state index in [1.54, 1.807) is 0 Å². The van der Waals surface area contributed by atoms with Gasteiger partial charge in [0.1, 0.15) is 11.5 Å². The molecule has 0 fully saturated rings. The standard InChI is InChI=1S/C15H11BBrNO2/c1-18-9-12(11-8-10(17)6-7-13(11)18)16-19-14-4-2-3-5-15(14)20-16/h2-9H,1H3. The van der Waals surface area contributed by atoms with Gasteiger partial charge in [-0.15, -0.1) is 0 Å². The number of benzene rings is 2. The lowest BCUT2D eigenvalue weighted by Gasteiger charge is -2.03. The third kappa shape index (κ3) is 1.73. The van der Waals surface area contributed by atoms with E-state index in [1.807, 2.05) is 37.4 Å². The van der Waals surface area contributed by atoms with Crippen molar-refractivity contribution in [2.75, 3.05) is 0 Å². The van der Waals surface area contributed by atoms with Gasteiger partial charge >= 0.3 is 7.12 Å². The fourth-order valence-electron chi connectivity index (χ4n) is 2.61. The van der Waals surface area contributed by atoms with Crippen molar-refractivity contribution in [1.29, 1.82) is 0 Å². The predicted molar refractivity (Wildman–Crippen MR) is 83.7 cm³/mol. The molecule has 0 radical (unpaired) electrons. The van der Waals surface area contributed by atoms with Crippen LogP contribution in [0.25, 0.3) is 10.9 Å². The Morgan fingerprint density at radius 3 is 2.45 bits per heavy atom. The summed E-state index contributed by atoms with van der Waals surface area (Å²) in [6, 6.07) is 14.0. The molecule has 0 atom stereocenters. The van der Waals surface area contributed by atoms with E-state index < -0.39 is 0 Å². The van der Waals surface area contributed by atoms with E-state index >= 15 is 0 Å². The Labute approximate surface area is 125 Å². The quantitative estimate of drug-likeness (QED) is 0.641. The Balaban J connectivity index is 1.83. The molecular formula is C15H11BBrNO2. The van der Waals surface area contributed by atoms with Crippen LogP contribution in [0.3, 0.4) is 0 Å². The van der Waals surface area contributed by atoms with Gasteiger partial charge in [0, 0.05) is 34.1 Å². The summed E-state index contributed by atoms with van der Waals surface area (Å²) in [6.45, 7) is 0. The van der Waals surface area contributed by atoms with Crippen LogP contribution in [0.1, 0.15) is 0 Å². The molecular weight excluding hydrogens is 317 g/mol. The molecule has 1 aliphatic rings. The summed E-state index contributed by atoms with van der Waals surface area (Å²) in [6.07, 6.45) is 2.06. The Hall–Kier alpha value is -1.88. The maximum absolute atomic E-state index is 5.90. The lowest BCUT2D eigenvalue weighted by Crippen LogP contribution is -2.38. The molecule has 3 aromatic rings. The van der Waals surface area contributed by atoms with E-state index in [2.05, 4.69) is 38.8 Å². The van der Waals surface area contributed by atoms with Crippen molar-refractivity contribution in [1.82, 2.24) is 4.57 Å². The average molecular weight is 328 g/mol. The number of nitrogens with zero attached hydrogens (tertiary/aromatic N) is 1. The molecule has 0 saturated heterocycles. The molecule has 5 heteroatoms. The van der Waals surface area contributed by atoms with Gasteiger partial charge in [-0.2, -0.15) is 0 Å². The summed E-state index contributed by atoms with van der Waals surface area (Å²) < 4.78 is 14.9. The summed E-state index contributed by atoms with van der Waals surface area (Å²) in [5.74, 6) is 1.59. The van der Waals surface area contributed by atoms with E-state index in [4.69, 9.17) is 9.31 Å². The summed E-state index contributed by atoms with van der Waals surface area (Å²) in [4.78, 5) is 0. The molecule has 98 valence electrons. The van der Waals surface area contributed by atoms with Crippen molar-refractivity contribution in [3.05, 3.63) is 53.1 Å². The van der Waals surface area contributed by atoms with E-state index in [-0.39, 0.29) is 7.12 Å². The van der Waals surface area contributed by atoms with Crippen molar-refractivity contribution >= 4 is 39.4 Å². The third-order valence-corrected chi connectivity index (χ3v) is 4.05. The minimum atomic E-state index is -0.384. The van der Waals surface area contributed by atoms with Crippen molar-refractivity contribution in [3.8, 4) is 11.5 Å². The van der Waals surface area contributed by atoms with Crippen LogP contribution >= 0.6 is 15.9 Å². The molecule has 2 aromatic carbocycles. The minimum absolute atomic E-state index is 0.384. The van der Waals surface area contributed by atoms with Crippen LogP contribution in [0, 0.1) is 0 Å². The van der Waals surface area contributed by atoms with Crippen LogP contribution in [0.15, 0.2) is 53.1 Å². The first-order chi connectivity index (χ1) is 9.72. The molecule has 0 spiro atoms. The number of fused-ring (bicyclic) bond motifs is 2. The molecule has 0 bridgehead atoms. The second-order valence-corrected chi connectivity index (χ2v) is 5.79. The first-order valence-corrected chi connectivity index (χ1v) is 7.18. The lowest BCUT2D eigenvalue weighted by atomic mass is 9.79. The topological polar surface area (TPSA) is 23.4 Å². The van der Waals surface area contributed by atoms with Gasteiger partial charge in [0.2, 0.25) is 0 Å². The number of rotatable bonds is 1. The maximum Gasteiger partial charge on any atom is 0.635 e. The molecule has 0 N–H and O–H groups in total. The SMILES string of the molecule is Cn1cc(B2Oc3ccccc3O2)c2cc(Br)ccc21. The molecule has 20 heavy (non-hydrogen) atoms. The molecule has 4 rings (SSSR count). The monoisotopic (exact) mass is 327 g/mol. The largest absolute Gasteiger partial charge is 0.635 e. The highest BCUT2D eigenvalue weighted by Gasteiger charge is 2.36. The fourth-order valence-corrected chi connectivity index (χ4v) is 2.97. The zero-order chi connectivity index (χ0) is 13.7. The highest BCUT2D eigenvalue weighted by molar-refractivity contribution is 9.10. The van der Waals surface area contributed by atoms with Gasteiger partial charge < -0.3 is 13.9 Å². The zero-order valence-corrected chi connectivity index (χ0v) is 12.4. The number of para-hydroxylation sites is 2. The summed E-state index contributed by atoms with van der Waals surface area (Å²) in [5.41, 5.74) is 2.20. The number of halogens is 1. The fraction of sp³-hybridized carbons (Fsp3) is 0.0667. The van der Waals surface area contributed by atoms with Gasteiger partial charge in [0.05, 0.1) is 0 Å². The zero-order valence-electron chi connectivity index (χ0n) is 10.8. The molecule has 0 saturated carbocycles. The predicted octanol–water partition coefficient (Wildman–Crippen LogP) is 3.11. The van der Waals surface area contributed by atoms with Crippen LogP contribution < -0.4 is 14.8 Å². The van der Waals surface area contributed by atoms with Gasteiger partial charge in [-0.05, 0) is 30.3 Å². The average Bonchev–Trinajstić information content (AvgIpc) is 3.00. The van der Waals surface area contributed by atoms with Crippen LogP contribution in [0.5, 0.6) is 11.5 Å². The van der Waals surface area contributed by atoms with E-state index in [1.165, 1.54) is 0 Å². The van der Waals surface area contributed by atoms with Gasteiger partial charge in [-0.3, -0.25) is 0 Å². The molecule has 0 amide bonds. The Bertz CT molecular complexity index is 790. The molecule has 0 unspecified atom stereocenters. The van der Waals surface area contributed by atoms with Crippen LogP contribution in [0.2, 0.25) is 0 Å². The second-order valence-electron chi connectivity index (χ2n) is 4.87. The van der Waals surface area contributed by atoms with Crippen molar-refractivity contribution < 1.29 is 9.31 Å². The molecule has 0 aliphatic carbocycles. The Morgan fingerprint density at radius 1 is 1.05 bits per heavy atom. The van der Waals surface area contributed by atoms with Gasteiger partial charge in [-0.1, -0.05) is 28.1 Å². The first kappa shape index (κ1) is 11.9. The molecule has 1 aromatic heterocycles. The van der Waals surface area contributed by atoms with E-state index in [0.717, 1.165) is 32.3 Å². The molecule has 1 aliphatic heterocycles. The molecule has 2 heterocycles.